The number of nitrogens with zero attached hydrogens (tertiary/aromatic N) is 1. The van der Waals surface area contributed by atoms with Gasteiger partial charge >= 0.3 is 0 Å². The lowest BCUT2D eigenvalue weighted by molar-refractivity contribution is 0.443. The molecule has 19 heavy (non-hydrogen) atoms. The number of benzene rings is 1. The largest absolute Gasteiger partial charge is 0.451 e. The fraction of sp³-hybridized carbons (Fsp3) is 0.286. The van der Waals surface area contributed by atoms with Gasteiger partial charge in [-0.2, -0.15) is 0 Å². The van der Waals surface area contributed by atoms with Crippen molar-refractivity contribution in [1.82, 2.24) is 0 Å². The van der Waals surface area contributed by atoms with E-state index in [1.54, 1.807) is 0 Å². The number of hydrogen-bond donors (Lipinski definition) is 1. The number of rotatable bonds is 4. The van der Waals surface area contributed by atoms with Crippen molar-refractivity contribution in [2.24, 2.45) is 5.73 Å². The fourth-order valence-electron chi connectivity index (χ4n) is 2.02. The summed E-state index contributed by atoms with van der Waals surface area (Å²) >= 11 is 6.79. The first-order chi connectivity index (χ1) is 9.02. The van der Waals surface area contributed by atoms with E-state index in [0.717, 1.165) is 15.9 Å². The van der Waals surface area contributed by atoms with Crippen molar-refractivity contribution in [1.29, 1.82) is 0 Å². The maximum atomic E-state index is 5.91. The second-order valence-corrected chi connectivity index (χ2v) is 6.05. The quantitative estimate of drug-likeness (QED) is 0.852. The van der Waals surface area contributed by atoms with Gasteiger partial charge in [0, 0.05) is 19.3 Å². The number of nitrogens with two attached hydrogens (primary N) is 1. The summed E-state index contributed by atoms with van der Waals surface area (Å²) in [6, 6.07) is 10.3. The molecule has 0 aliphatic rings. The number of likely N-dealkylation sites (N-methyl/N-ethyl adjacent to an activating group) is 1. The van der Waals surface area contributed by atoms with Crippen LogP contribution in [0.2, 0.25) is 0 Å². The molecule has 1 heterocycles. The second-order valence-electron chi connectivity index (χ2n) is 4.47. The molecular weight excluding hydrogens is 372 g/mol. The van der Waals surface area contributed by atoms with Crippen LogP contribution < -0.4 is 10.6 Å². The Bertz CT molecular complexity index is 549. The van der Waals surface area contributed by atoms with Crippen molar-refractivity contribution in [2.75, 3.05) is 18.5 Å². The molecular formula is C14H16Br2N2O. The van der Waals surface area contributed by atoms with Crippen molar-refractivity contribution in [3.05, 3.63) is 50.8 Å². The minimum absolute atomic E-state index is 0.00407. The van der Waals surface area contributed by atoms with Crippen LogP contribution in [-0.4, -0.2) is 13.6 Å². The molecule has 1 aromatic carbocycles. The molecule has 0 aliphatic carbocycles. The molecule has 0 saturated carbocycles. The molecule has 1 aromatic heterocycles. The van der Waals surface area contributed by atoms with E-state index in [-0.39, 0.29) is 6.04 Å². The summed E-state index contributed by atoms with van der Waals surface area (Å²) in [4.78, 5) is 2.13. The molecule has 3 nitrogen and oxygen atoms in total. The monoisotopic (exact) mass is 386 g/mol. The zero-order valence-electron chi connectivity index (χ0n) is 10.9. The number of halogens is 2. The second kappa shape index (κ2) is 6.11. The van der Waals surface area contributed by atoms with Gasteiger partial charge in [-0.15, -0.1) is 0 Å². The average molecular weight is 388 g/mol. The Labute approximate surface area is 130 Å². The summed E-state index contributed by atoms with van der Waals surface area (Å²) in [7, 11) is 2.02. The van der Waals surface area contributed by atoms with Crippen LogP contribution in [-0.2, 0) is 0 Å². The van der Waals surface area contributed by atoms with Gasteiger partial charge in [-0.05, 0) is 62.5 Å². The molecule has 0 spiro atoms. The highest BCUT2D eigenvalue weighted by Gasteiger charge is 2.21. The van der Waals surface area contributed by atoms with Crippen molar-refractivity contribution < 1.29 is 4.42 Å². The van der Waals surface area contributed by atoms with Crippen molar-refractivity contribution >= 4 is 37.5 Å². The minimum atomic E-state index is 0.00407. The van der Waals surface area contributed by atoms with Crippen molar-refractivity contribution in [3.63, 3.8) is 0 Å². The van der Waals surface area contributed by atoms with Gasteiger partial charge in [0.2, 0.25) is 0 Å². The first-order valence-corrected chi connectivity index (χ1v) is 7.56. The van der Waals surface area contributed by atoms with E-state index < -0.39 is 0 Å². The highest BCUT2D eigenvalue weighted by Crippen LogP contribution is 2.33. The average Bonchev–Trinajstić information content (AvgIpc) is 2.70. The maximum Gasteiger partial charge on any atom is 0.183 e. The Morgan fingerprint density at radius 3 is 2.58 bits per heavy atom. The molecule has 5 heteroatoms. The zero-order chi connectivity index (χ0) is 14.0. The van der Waals surface area contributed by atoms with E-state index in [9.17, 15) is 0 Å². The van der Waals surface area contributed by atoms with Gasteiger partial charge < -0.3 is 15.1 Å². The summed E-state index contributed by atoms with van der Waals surface area (Å²) < 4.78 is 7.28. The third-order valence-electron chi connectivity index (χ3n) is 3.09. The van der Waals surface area contributed by atoms with Crippen LogP contribution >= 0.6 is 31.9 Å². The summed E-state index contributed by atoms with van der Waals surface area (Å²) in [6.45, 7) is 2.56. The molecule has 1 atom stereocenters. The standard InChI is InChI=1S/C14H16Br2N2O/c1-9-4-3-5-10(6-9)18(2)12(8-17)13-7-11(15)14(16)19-13/h3-7,12H,8,17H2,1-2H3. The minimum Gasteiger partial charge on any atom is -0.451 e. The molecule has 2 N–H and O–H groups in total. The number of anilines is 1. The number of aryl methyl sites for hydroxylation is 1. The smallest absolute Gasteiger partial charge is 0.183 e. The Kier molecular flexibility index (Phi) is 4.71. The molecule has 0 saturated heterocycles. The van der Waals surface area contributed by atoms with E-state index in [2.05, 4.69) is 61.9 Å². The van der Waals surface area contributed by atoms with Crippen LogP contribution in [0.15, 0.2) is 43.9 Å². The van der Waals surface area contributed by atoms with Gasteiger partial charge in [-0.1, -0.05) is 12.1 Å². The van der Waals surface area contributed by atoms with E-state index in [1.807, 2.05) is 19.2 Å². The van der Waals surface area contributed by atoms with E-state index >= 15 is 0 Å². The molecule has 0 fully saturated rings. The molecule has 0 radical (unpaired) electrons. The van der Waals surface area contributed by atoms with E-state index in [0.29, 0.717) is 11.2 Å². The predicted molar refractivity (Wildman–Crippen MR) is 85.5 cm³/mol. The summed E-state index contributed by atoms with van der Waals surface area (Å²) in [5.74, 6) is 0.838. The fourth-order valence-corrected chi connectivity index (χ4v) is 2.63. The van der Waals surface area contributed by atoms with Gasteiger partial charge in [-0.25, -0.2) is 0 Å². The normalized spacial score (nSPS) is 12.5. The third-order valence-corrected chi connectivity index (χ3v) is 4.80. The number of furan rings is 1. The maximum absolute atomic E-state index is 5.91. The van der Waals surface area contributed by atoms with E-state index in [4.69, 9.17) is 10.2 Å². The lowest BCUT2D eigenvalue weighted by Gasteiger charge is -2.27. The number of hydrogen-bond acceptors (Lipinski definition) is 3. The Balaban J connectivity index is 2.31. The van der Waals surface area contributed by atoms with Crippen molar-refractivity contribution in [2.45, 2.75) is 13.0 Å². The first kappa shape index (κ1) is 14.6. The van der Waals surface area contributed by atoms with Crippen LogP contribution in [0.4, 0.5) is 5.69 Å². The highest BCUT2D eigenvalue weighted by atomic mass is 79.9. The van der Waals surface area contributed by atoms with Crippen LogP contribution in [0, 0.1) is 6.92 Å². The molecule has 0 bridgehead atoms. The molecule has 1 unspecified atom stereocenters. The lowest BCUT2D eigenvalue weighted by Crippen LogP contribution is -2.30. The Morgan fingerprint density at radius 2 is 2.05 bits per heavy atom. The topological polar surface area (TPSA) is 42.4 Å². The van der Waals surface area contributed by atoms with Gasteiger partial charge in [-0.3, -0.25) is 0 Å². The van der Waals surface area contributed by atoms with Gasteiger partial charge in [0.25, 0.3) is 0 Å². The molecule has 102 valence electrons. The van der Waals surface area contributed by atoms with Gasteiger partial charge in [0.15, 0.2) is 4.67 Å². The summed E-state index contributed by atoms with van der Waals surface area (Å²) in [6.07, 6.45) is 0. The Morgan fingerprint density at radius 1 is 1.32 bits per heavy atom. The Hall–Kier alpha value is -0.780. The summed E-state index contributed by atoms with van der Waals surface area (Å²) in [5, 5.41) is 0. The van der Waals surface area contributed by atoms with Crippen LogP contribution in [0.1, 0.15) is 17.4 Å². The highest BCUT2D eigenvalue weighted by molar-refractivity contribution is 9.13. The van der Waals surface area contributed by atoms with E-state index in [1.165, 1.54) is 5.56 Å². The lowest BCUT2D eigenvalue weighted by atomic mass is 10.1. The van der Waals surface area contributed by atoms with Gasteiger partial charge in [0.05, 0.1) is 10.5 Å². The predicted octanol–water partition coefficient (Wildman–Crippen LogP) is 4.25. The third kappa shape index (κ3) is 3.22. The zero-order valence-corrected chi connectivity index (χ0v) is 14.0. The van der Waals surface area contributed by atoms with Crippen LogP contribution in [0.3, 0.4) is 0 Å². The SMILES string of the molecule is Cc1cccc(N(C)C(CN)c2cc(Br)c(Br)o2)c1. The molecule has 2 aromatic rings. The molecule has 0 amide bonds. The molecule has 0 aliphatic heterocycles. The van der Waals surface area contributed by atoms with Crippen molar-refractivity contribution in [3.8, 4) is 0 Å². The molecule has 2 rings (SSSR count). The van der Waals surface area contributed by atoms with Crippen LogP contribution in [0.25, 0.3) is 0 Å². The first-order valence-electron chi connectivity index (χ1n) is 5.97. The summed E-state index contributed by atoms with van der Waals surface area (Å²) in [5.41, 5.74) is 8.26. The van der Waals surface area contributed by atoms with Gasteiger partial charge in [0.1, 0.15) is 5.76 Å². The van der Waals surface area contributed by atoms with Crippen LogP contribution in [0.5, 0.6) is 0 Å².